The summed E-state index contributed by atoms with van der Waals surface area (Å²) >= 11 is 6.13. The molecule has 0 heterocycles. The van der Waals surface area contributed by atoms with Crippen LogP contribution in [0, 0.1) is 12.8 Å². The van der Waals surface area contributed by atoms with Crippen molar-refractivity contribution in [1.29, 1.82) is 0 Å². The van der Waals surface area contributed by atoms with Crippen LogP contribution in [-0.2, 0) is 11.2 Å². The molecule has 0 bridgehead atoms. The lowest BCUT2D eigenvalue weighted by atomic mass is 9.96. The number of Topliss-reactive ketones (excluding diaryl/α,β-unsaturated/α-hetero) is 1. The molecule has 0 aliphatic heterocycles. The zero-order chi connectivity index (χ0) is 11.4. The van der Waals surface area contributed by atoms with Crippen LogP contribution in [0.1, 0.15) is 31.4 Å². The van der Waals surface area contributed by atoms with Crippen LogP contribution < -0.4 is 0 Å². The summed E-state index contributed by atoms with van der Waals surface area (Å²) in [7, 11) is 0. The number of hydrogen-bond donors (Lipinski definition) is 0. The molecule has 1 rings (SSSR count). The maximum absolute atomic E-state index is 11.0. The van der Waals surface area contributed by atoms with Crippen LogP contribution in [0.15, 0.2) is 18.2 Å². The molecule has 1 aromatic carbocycles. The lowest BCUT2D eigenvalue weighted by molar-refractivity contribution is -0.117. The van der Waals surface area contributed by atoms with E-state index in [4.69, 9.17) is 11.6 Å². The van der Waals surface area contributed by atoms with Crippen LogP contribution in [0.25, 0.3) is 0 Å². The molecule has 0 fully saturated rings. The molecule has 0 radical (unpaired) electrons. The van der Waals surface area contributed by atoms with Crippen molar-refractivity contribution in [2.45, 2.75) is 33.6 Å². The Kier molecular flexibility index (Phi) is 4.34. The van der Waals surface area contributed by atoms with Gasteiger partial charge in [-0.05, 0) is 43.4 Å². The Morgan fingerprint density at radius 2 is 2.13 bits per heavy atom. The average molecular weight is 225 g/mol. The van der Waals surface area contributed by atoms with E-state index >= 15 is 0 Å². The standard InChI is InChI=1S/C13H17ClO/c1-9-4-5-12(13(14)8-9)7-10(2)6-11(3)15/h4-5,8,10H,6-7H2,1-3H3. The van der Waals surface area contributed by atoms with Gasteiger partial charge in [0, 0.05) is 11.4 Å². The molecule has 0 spiro atoms. The number of halogens is 1. The van der Waals surface area contributed by atoms with Crippen molar-refractivity contribution in [3.05, 3.63) is 34.3 Å². The van der Waals surface area contributed by atoms with Crippen molar-refractivity contribution in [1.82, 2.24) is 0 Å². The van der Waals surface area contributed by atoms with E-state index in [9.17, 15) is 4.79 Å². The van der Waals surface area contributed by atoms with Crippen LogP contribution in [0.4, 0.5) is 0 Å². The van der Waals surface area contributed by atoms with E-state index in [2.05, 4.69) is 13.0 Å². The number of aryl methyl sites for hydroxylation is 1. The summed E-state index contributed by atoms with van der Waals surface area (Å²) in [4.78, 5) is 11.0. The molecule has 0 amide bonds. The molecule has 15 heavy (non-hydrogen) atoms. The summed E-state index contributed by atoms with van der Waals surface area (Å²) < 4.78 is 0. The molecule has 0 aromatic heterocycles. The maximum atomic E-state index is 11.0. The highest BCUT2D eigenvalue weighted by molar-refractivity contribution is 6.31. The predicted octanol–water partition coefficient (Wildman–Crippen LogP) is 3.81. The first-order chi connectivity index (χ1) is 6.99. The molecule has 0 aliphatic rings. The van der Waals surface area contributed by atoms with Gasteiger partial charge in [0.15, 0.2) is 0 Å². The number of hydrogen-bond acceptors (Lipinski definition) is 1. The van der Waals surface area contributed by atoms with Crippen molar-refractivity contribution >= 4 is 17.4 Å². The van der Waals surface area contributed by atoms with Gasteiger partial charge in [0.05, 0.1) is 0 Å². The first-order valence-corrected chi connectivity index (χ1v) is 5.61. The van der Waals surface area contributed by atoms with E-state index in [-0.39, 0.29) is 5.78 Å². The average Bonchev–Trinajstić information content (AvgIpc) is 2.08. The van der Waals surface area contributed by atoms with E-state index < -0.39 is 0 Å². The van der Waals surface area contributed by atoms with Crippen molar-refractivity contribution < 1.29 is 4.79 Å². The van der Waals surface area contributed by atoms with E-state index in [0.717, 1.165) is 17.0 Å². The molecule has 1 aromatic rings. The Morgan fingerprint density at radius 3 is 2.67 bits per heavy atom. The Hall–Kier alpha value is -0.820. The zero-order valence-corrected chi connectivity index (χ0v) is 10.3. The quantitative estimate of drug-likeness (QED) is 0.760. The molecule has 1 atom stereocenters. The van der Waals surface area contributed by atoms with Gasteiger partial charge in [0.1, 0.15) is 5.78 Å². The van der Waals surface area contributed by atoms with Gasteiger partial charge in [-0.1, -0.05) is 30.7 Å². The van der Waals surface area contributed by atoms with Gasteiger partial charge >= 0.3 is 0 Å². The first kappa shape index (κ1) is 12.3. The largest absolute Gasteiger partial charge is 0.300 e. The highest BCUT2D eigenvalue weighted by Gasteiger charge is 2.08. The Balaban J connectivity index is 2.68. The molecule has 0 saturated heterocycles. The summed E-state index contributed by atoms with van der Waals surface area (Å²) in [6, 6.07) is 6.08. The maximum Gasteiger partial charge on any atom is 0.130 e. The smallest absolute Gasteiger partial charge is 0.130 e. The fourth-order valence-corrected chi connectivity index (χ4v) is 2.07. The normalized spacial score (nSPS) is 12.5. The molecule has 1 unspecified atom stereocenters. The van der Waals surface area contributed by atoms with Crippen LogP contribution in [0.5, 0.6) is 0 Å². The SMILES string of the molecule is CC(=O)CC(C)Cc1ccc(C)cc1Cl. The number of carbonyl (C=O) groups excluding carboxylic acids is 1. The van der Waals surface area contributed by atoms with E-state index in [1.165, 1.54) is 5.56 Å². The van der Waals surface area contributed by atoms with Crippen molar-refractivity contribution in [2.24, 2.45) is 5.92 Å². The molecule has 0 N–H and O–H groups in total. The van der Waals surface area contributed by atoms with Gasteiger partial charge in [0.2, 0.25) is 0 Å². The molecule has 0 aliphatic carbocycles. The third-order valence-corrected chi connectivity index (χ3v) is 2.76. The van der Waals surface area contributed by atoms with Crippen molar-refractivity contribution in [2.75, 3.05) is 0 Å². The minimum absolute atomic E-state index is 0.241. The fraction of sp³-hybridized carbons (Fsp3) is 0.462. The second-order valence-corrected chi connectivity index (χ2v) is 4.72. The molecule has 0 saturated carbocycles. The lowest BCUT2D eigenvalue weighted by Crippen LogP contribution is -2.05. The molecule has 2 heteroatoms. The van der Waals surface area contributed by atoms with Crippen LogP contribution in [0.2, 0.25) is 5.02 Å². The monoisotopic (exact) mass is 224 g/mol. The highest BCUT2D eigenvalue weighted by Crippen LogP contribution is 2.21. The Morgan fingerprint density at radius 1 is 1.47 bits per heavy atom. The minimum atomic E-state index is 0.241. The van der Waals surface area contributed by atoms with E-state index in [1.807, 2.05) is 19.1 Å². The number of ketones is 1. The molecule has 1 nitrogen and oxygen atoms in total. The van der Waals surface area contributed by atoms with Crippen molar-refractivity contribution in [3.8, 4) is 0 Å². The first-order valence-electron chi connectivity index (χ1n) is 5.23. The van der Waals surface area contributed by atoms with Crippen LogP contribution in [0.3, 0.4) is 0 Å². The van der Waals surface area contributed by atoms with E-state index in [0.29, 0.717) is 12.3 Å². The predicted molar refractivity (Wildman–Crippen MR) is 64.4 cm³/mol. The summed E-state index contributed by atoms with van der Waals surface area (Å²) in [6.45, 7) is 5.74. The third kappa shape index (κ3) is 4.05. The molecular weight excluding hydrogens is 208 g/mol. The van der Waals surface area contributed by atoms with Gasteiger partial charge in [-0.15, -0.1) is 0 Å². The van der Waals surface area contributed by atoms with Crippen LogP contribution >= 0.6 is 11.6 Å². The number of carbonyl (C=O) groups is 1. The molecular formula is C13H17ClO. The third-order valence-electron chi connectivity index (χ3n) is 2.41. The Labute approximate surface area is 96.5 Å². The zero-order valence-electron chi connectivity index (χ0n) is 9.51. The topological polar surface area (TPSA) is 17.1 Å². The fourth-order valence-electron chi connectivity index (χ4n) is 1.76. The lowest BCUT2D eigenvalue weighted by Gasteiger charge is -2.11. The van der Waals surface area contributed by atoms with Crippen LogP contribution in [-0.4, -0.2) is 5.78 Å². The van der Waals surface area contributed by atoms with Gasteiger partial charge in [0.25, 0.3) is 0 Å². The van der Waals surface area contributed by atoms with Gasteiger partial charge in [-0.3, -0.25) is 0 Å². The second kappa shape index (κ2) is 5.32. The van der Waals surface area contributed by atoms with Crippen molar-refractivity contribution in [3.63, 3.8) is 0 Å². The Bertz CT molecular complexity index is 358. The summed E-state index contributed by atoms with van der Waals surface area (Å²) in [5, 5.41) is 0.811. The summed E-state index contributed by atoms with van der Waals surface area (Å²) in [5.74, 6) is 0.605. The summed E-state index contributed by atoms with van der Waals surface area (Å²) in [6.07, 6.45) is 1.50. The molecule has 82 valence electrons. The van der Waals surface area contributed by atoms with Gasteiger partial charge in [-0.2, -0.15) is 0 Å². The summed E-state index contributed by atoms with van der Waals surface area (Å²) in [5.41, 5.74) is 2.30. The van der Waals surface area contributed by atoms with E-state index in [1.54, 1.807) is 6.92 Å². The number of benzene rings is 1. The second-order valence-electron chi connectivity index (χ2n) is 4.31. The highest BCUT2D eigenvalue weighted by atomic mass is 35.5. The minimum Gasteiger partial charge on any atom is -0.300 e. The van der Waals surface area contributed by atoms with Gasteiger partial charge < -0.3 is 4.79 Å². The number of rotatable bonds is 4. The van der Waals surface area contributed by atoms with Gasteiger partial charge in [-0.25, -0.2) is 0 Å².